The number of carbonyl (C=O) groups excluding carboxylic acids is 1. The first-order valence-corrected chi connectivity index (χ1v) is 6.23. The van der Waals surface area contributed by atoms with E-state index in [0.29, 0.717) is 17.1 Å². The van der Waals surface area contributed by atoms with Crippen molar-refractivity contribution in [2.75, 3.05) is 6.79 Å². The summed E-state index contributed by atoms with van der Waals surface area (Å²) in [5.41, 5.74) is 2.03. The molecule has 0 unspecified atom stereocenters. The number of benzene rings is 1. The number of fused-ring (bicyclic) bond motifs is 2. The molecule has 3 rings (SSSR count). The Kier molecular flexibility index (Phi) is 2.85. The van der Waals surface area contributed by atoms with Crippen molar-refractivity contribution in [1.82, 2.24) is 4.98 Å². The van der Waals surface area contributed by atoms with Crippen LogP contribution in [0.5, 0.6) is 11.5 Å². The summed E-state index contributed by atoms with van der Waals surface area (Å²) in [5, 5.41) is 9.41. The van der Waals surface area contributed by atoms with Gasteiger partial charge in [0.05, 0.1) is 11.9 Å². The number of aromatic nitrogens is 1. The maximum absolute atomic E-state index is 12.2. The van der Waals surface area contributed by atoms with Crippen LogP contribution in [0.4, 0.5) is 0 Å². The van der Waals surface area contributed by atoms with E-state index in [-0.39, 0.29) is 25.4 Å². The smallest absolute Gasteiger partial charge is 0.303 e. The molecule has 6 nitrogen and oxygen atoms in total. The second kappa shape index (κ2) is 4.56. The van der Waals surface area contributed by atoms with Gasteiger partial charge in [-0.3, -0.25) is 9.59 Å². The van der Waals surface area contributed by atoms with Gasteiger partial charge in [0, 0.05) is 29.1 Å². The van der Waals surface area contributed by atoms with E-state index in [9.17, 15) is 9.59 Å². The molecule has 0 aliphatic carbocycles. The third-order valence-corrected chi connectivity index (χ3v) is 3.32. The molecule has 20 heavy (non-hydrogen) atoms. The molecular formula is C14H13NO5. The molecule has 0 spiro atoms. The molecule has 0 fully saturated rings. The molecule has 0 amide bonds. The van der Waals surface area contributed by atoms with Gasteiger partial charge in [0.2, 0.25) is 6.79 Å². The van der Waals surface area contributed by atoms with Crippen molar-refractivity contribution in [3.63, 3.8) is 0 Å². The van der Waals surface area contributed by atoms with Gasteiger partial charge in [-0.25, -0.2) is 0 Å². The molecule has 2 aromatic rings. The van der Waals surface area contributed by atoms with Gasteiger partial charge < -0.3 is 19.6 Å². The molecule has 0 saturated heterocycles. The lowest BCUT2D eigenvalue weighted by atomic mass is 10.0. The summed E-state index contributed by atoms with van der Waals surface area (Å²) in [6.45, 7) is 1.96. The largest absolute Gasteiger partial charge is 0.481 e. The Bertz CT molecular complexity index is 716. The molecule has 6 heteroatoms. The monoisotopic (exact) mass is 275 g/mol. The van der Waals surface area contributed by atoms with Crippen molar-refractivity contribution in [2.24, 2.45) is 0 Å². The van der Waals surface area contributed by atoms with Crippen LogP contribution < -0.4 is 9.47 Å². The highest BCUT2D eigenvalue weighted by molar-refractivity contribution is 6.10. The topological polar surface area (TPSA) is 88.6 Å². The number of ether oxygens (including phenoxy) is 2. The van der Waals surface area contributed by atoms with Crippen molar-refractivity contribution < 1.29 is 24.2 Å². The van der Waals surface area contributed by atoms with Gasteiger partial charge >= 0.3 is 5.97 Å². The molecule has 104 valence electrons. The fourth-order valence-electron chi connectivity index (χ4n) is 2.42. The van der Waals surface area contributed by atoms with Gasteiger partial charge in [-0.15, -0.1) is 0 Å². The fraction of sp³-hybridized carbons (Fsp3) is 0.286. The lowest BCUT2D eigenvalue weighted by Gasteiger charge is -2.01. The van der Waals surface area contributed by atoms with Gasteiger partial charge in [-0.1, -0.05) is 0 Å². The summed E-state index contributed by atoms with van der Waals surface area (Å²) in [4.78, 5) is 25.9. The van der Waals surface area contributed by atoms with E-state index in [4.69, 9.17) is 14.6 Å². The van der Waals surface area contributed by atoms with Gasteiger partial charge in [0.1, 0.15) is 0 Å². The standard InChI is InChI=1S/C14H13NO5/c1-7-14(10(16)2-3-13(17)18)8-4-11-12(20-6-19-11)5-9(8)15-7/h4-5,15H,2-3,6H2,1H3,(H,17,18). The average molecular weight is 275 g/mol. The summed E-state index contributed by atoms with van der Waals surface area (Å²) in [6.07, 6.45) is -0.187. The predicted molar refractivity (Wildman–Crippen MR) is 70.4 cm³/mol. The number of aryl methyl sites for hydroxylation is 1. The molecule has 2 heterocycles. The minimum Gasteiger partial charge on any atom is -0.481 e. The van der Waals surface area contributed by atoms with E-state index < -0.39 is 5.97 Å². The normalized spacial score (nSPS) is 12.8. The zero-order valence-electron chi connectivity index (χ0n) is 10.9. The van der Waals surface area contributed by atoms with Crippen LogP contribution >= 0.6 is 0 Å². The summed E-state index contributed by atoms with van der Waals surface area (Å²) < 4.78 is 10.6. The van der Waals surface area contributed by atoms with Crippen molar-refractivity contribution in [2.45, 2.75) is 19.8 Å². The number of H-pyrrole nitrogens is 1. The van der Waals surface area contributed by atoms with Crippen molar-refractivity contribution in [1.29, 1.82) is 0 Å². The molecule has 0 saturated carbocycles. The molecule has 0 atom stereocenters. The lowest BCUT2D eigenvalue weighted by molar-refractivity contribution is -0.136. The third-order valence-electron chi connectivity index (χ3n) is 3.32. The molecule has 2 N–H and O–H groups in total. The van der Waals surface area contributed by atoms with Crippen LogP contribution in [0, 0.1) is 6.92 Å². The number of ketones is 1. The number of aromatic amines is 1. The minimum atomic E-state index is -0.978. The summed E-state index contributed by atoms with van der Waals surface area (Å²) in [5.74, 6) is 0.0792. The number of rotatable bonds is 4. The fourth-order valence-corrected chi connectivity index (χ4v) is 2.42. The maximum atomic E-state index is 12.2. The van der Waals surface area contributed by atoms with Crippen LogP contribution in [0.25, 0.3) is 10.9 Å². The lowest BCUT2D eigenvalue weighted by Crippen LogP contribution is -2.04. The Labute approximate surface area is 114 Å². The zero-order chi connectivity index (χ0) is 14.3. The van der Waals surface area contributed by atoms with E-state index in [1.54, 1.807) is 19.1 Å². The number of carbonyl (C=O) groups is 2. The molecule has 0 bridgehead atoms. The summed E-state index contributed by atoms with van der Waals surface area (Å²) in [6, 6.07) is 3.55. The van der Waals surface area contributed by atoms with E-state index in [1.165, 1.54) is 0 Å². The highest BCUT2D eigenvalue weighted by Crippen LogP contribution is 2.38. The van der Waals surface area contributed by atoms with Gasteiger partial charge in [0.15, 0.2) is 17.3 Å². The van der Waals surface area contributed by atoms with Gasteiger partial charge in [0.25, 0.3) is 0 Å². The first kappa shape index (κ1) is 12.5. The Morgan fingerprint density at radius 1 is 1.25 bits per heavy atom. The van der Waals surface area contributed by atoms with E-state index >= 15 is 0 Å². The number of hydrogen-bond acceptors (Lipinski definition) is 4. The predicted octanol–water partition coefficient (Wildman–Crippen LogP) is 2.25. The van der Waals surface area contributed by atoms with Crippen molar-refractivity contribution >= 4 is 22.7 Å². The Balaban J connectivity index is 2.04. The maximum Gasteiger partial charge on any atom is 0.303 e. The number of carboxylic acid groups (broad SMARTS) is 1. The van der Waals surface area contributed by atoms with Crippen LogP contribution in [0.2, 0.25) is 0 Å². The first-order chi connectivity index (χ1) is 9.56. The quantitative estimate of drug-likeness (QED) is 0.835. The van der Waals surface area contributed by atoms with E-state index in [0.717, 1.165) is 16.6 Å². The minimum absolute atomic E-state index is 0.0163. The van der Waals surface area contributed by atoms with E-state index in [2.05, 4.69) is 4.98 Å². The molecule has 1 aromatic heterocycles. The second-order valence-corrected chi connectivity index (χ2v) is 4.69. The Morgan fingerprint density at radius 3 is 2.65 bits per heavy atom. The zero-order valence-corrected chi connectivity index (χ0v) is 10.9. The van der Waals surface area contributed by atoms with Crippen LogP contribution in [0.3, 0.4) is 0 Å². The van der Waals surface area contributed by atoms with E-state index in [1.807, 2.05) is 0 Å². The van der Waals surface area contributed by atoms with Crippen molar-refractivity contribution in [3.05, 3.63) is 23.4 Å². The number of aliphatic carboxylic acids is 1. The average Bonchev–Trinajstić information content (AvgIpc) is 2.95. The summed E-state index contributed by atoms with van der Waals surface area (Å²) >= 11 is 0. The second-order valence-electron chi connectivity index (χ2n) is 4.69. The van der Waals surface area contributed by atoms with Gasteiger partial charge in [-0.05, 0) is 13.0 Å². The molecular weight excluding hydrogens is 262 g/mol. The third kappa shape index (κ3) is 1.99. The van der Waals surface area contributed by atoms with Crippen LogP contribution in [-0.2, 0) is 4.79 Å². The van der Waals surface area contributed by atoms with Crippen LogP contribution in [-0.4, -0.2) is 28.6 Å². The van der Waals surface area contributed by atoms with Crippen LogP contribution in [0.15, 0.2) is 12.1 Å². The molecule has 1 aliphatic rings. The number of carboxylic acids is 1. The van der Waals surface area contributed by atoms with Crippen LogP contribution in [0.1, 0.15) is 28.9 Å². The summed E-state index contributed by atoms with van der Waals surface area (Å²) in [7, 11) is 0. The molecule has 1 aromatic carbocycles. The Hall–Kier alpha value is -2.50. The number of nitrogens with one attached hydrogen (secondary N) is 1. The molecule has 0 radical (unpaired) electrons. The highest BCUT2D eigenvalue weighted by atomic mass is 16.7. The Morgan fingerprint density at radius 2 is 1.95 bits per heavy atom. The SMILES string of the molecule is Cc1[nH]c2cc3c(cc2c1C(=O)CCC(=O)O)OCO3. The van der Waals surface area contributed by atoms with Gasteiger partial charge in [-0.2, -0.15) is 0 Å². The first-order valence-electron chi connectivity index (χ1n) is 6.23. The molecule has 1 aliphatic heterocycles. The highest BCUT2D eigenvalue weighted by Gasteiger charge is 2.21. The number of hydrogen-bond donors (Lipinski definition) is 2. The van der Waals surface area contributed by atoms with Crippen molar-refractivity contribution in [3.8, 4) is 11.5 Å². The number of Topliss-reactive ketones (excluding diaryl/α,β-unsaturated/α-hetero) is 1.